The fraction of sp³-hybridized carbons (Fsp3) is 0.417. The molecule has 1 atom stereocenters. The molecule has 1 saturated heterocycles. The molecule has 0 saturated carbocycles. The molecular formula is C12H17N2O+. The number of quaternary nitrogens is 1. The lowest BCUT2D eigenvalue weighted by molar-refractivity contribution is -0.401. The quantitative estimate of drug-likeness (QED) is 0.743. The zero-order valence-electron chi connectivity index (χ0n) is 9.07. The number of aryl methyl sites for hydroxylation is 1. The van der Waals surface area contributed by atoms with Crippen molar-refractivity contribution >= 4 is 5.91 Å². The van der Waals surface area contributed by atoms with Gasteiger partial charge in [-0.2, -0.15) is 0 Å². The van der Waals surface area contributed by atoms with Crippen molar-refractivity contribution in [1.29, 1.82) is 0 Å². The molecule has 1 aromatic carbocycles. The molecule has 1 aliphatic heterocycles. The molecule has 3 heteroatoms. The van der Waals surface area contributed by atoms with Gasteiger partial charge >= 0.3 is 0 Å². The Morgan fingerprint density at radius 3 is 2.60 bits per heavy atom. The maximum atomic E-state index is 11.6. The highest BCUT2D eigenvalue weighted by Crippen LogP contribution is 2.13. The number of nitrogens with zero attached hydrogens (tertiary/aromatic N) is 1. The SMILES string of the molecule is Cc1ccc(CN2CCC([NH3+])C2=O)cc1. The van der Waals surface area contributed by atoms with Crippen molar-refractivity contribution in [1.82, 2.24) is 4.90 Å². The number of hydrogen-bond donors (Lipinski definition) is 1. The maximum Gasteiger partial charge on any atom is 0.281 e. The van der Waals surface area contributed by atoms with E-state index in [9.17, 15) is 4.79 Å². The van der Waals surface area contributed by atoms with Crippen molar-refractivity contribution < 1.29 is 10.5 Å². The van der Waals surface area contributed by atoms with Crippen LogP contribution in [0, 0.1) is 6.92 Å². The van der Waals surface area contributed by atoms with E-state index in [-0.39, 0.29) is 11.9 Å². The summed E-state index contributed by atoms with van der Waals surface area (Å²) in [6, 6.07) is 8.29. The molecule has 1 aliphatic rings. The summed E-state index contributed by atoms with van der Waals surface area (Å²) < 4.78 is 0. The maximum absolute atomic E-state index is 11.6. The second-order valence-corrected chi connectivity index (χ2v) is 4.23. The molecule has 1 fully saturated rings. The van der Waals surface area contributed by atoms with Crippen LogP contribution in [0.3, 0.4) is 0 Å². The van der Waals surface area contributed by atoms with E-state index in [0.29, 0.717) is 0 Å². The summed E-state index contributed by atoms with van der Waals surface area (Å²) in [4.78, 5) is 13.5. The lowest BCUT2D eigenvalue weighted by Crippen LogP contribution is -2.64. The number of rotatable bonds is 2. The Bertz CT molecular complexity index is 358. The average molecular weight is 205 g/mol. The van der Waals surface area contributed by atoms with Gasteiger partial charge in [-0.05, 0) is 12.5 Å². The van der Waals surface area contributed by atoms with Gasteiger partial charge in [-0.25, -0.2) is 0 Å². The third-order valence-corrected chi connectivity index (χ3v) is 2.90. The molecule has 1 aromatic rings. The fourth-order valence-electron chi connectivity index (χ4n) is 1.87. The molecule has 0 spiro atoms. The molecule has 0 aromatic heterocycles. The van der Waals surface area contributed by atoms with Crippen LogP contribution in [0.25, 0.3) is 0 Å². The van der Waals surface area contributed by atoms with Gasteiger partial charge in [0, 0.05) is 19.5 Å². The minimum absolute atomic E-state index is 0.0320. The summed E-state index contributed by atoms with van der Waals surface area (Å²) in [7, 11) is 0. The Kier molecular flexibility index (Phi) is 2.73. The summed E-state index contributed by atoms with van der Waals surface area (Å²) in [5.74, 6) is 0.190. The van der Waals surface area contributed by atoms with E-state index in [1.54, 1.807) is 0 Å². The Balaban J connectivity index is 2.03. The van der Waals surface area contributed by atoms with E-state index in [4.69, 9.17) is 0 Å². The van der Waals surface area contributed by atoms with E-state index in [0.717, 1.165) is 19.5 Å². The molecular weight excluding hydrogens is 188 g/mol. The highest BCUT2D eigenvalue weighted by atomic mass is 16.2. The number of amides is 1. The van der Waals surface area contributed by atoms with Gasteiger partial charge in [-0.15, -0.1) is 0 Å². The van der Waals surface area contributed by atoms with Crippen molar-refractivity contribution in [3.63, 3.8) is 0 Å². The molecule has 15 heavy (non-hydrogen) atoms. The smallest absolute Gasteiger partial charge is 0.281 e. The van der Waals surface area contributed by atoms with Crippen LogP contribution in [0.5, 0.6) is 0 Å². The monoisotopic (exact) mass is 205 g/mol. The topological polar surface area (TPSA) is 48.0 Å². The Morgan fingerprint density at radius 1 is 1.40 bits per heavy atom. The summed E-state index contributed by atoms with van der Waals surface area (Å²) in [5, 5.41) is 0. The van der Waals surface area contributed by atoms with E-state index >= 15 is 0 Å². The summed E-state index contributed by atoms with van der Waals surface area (Å²) in [5.41, 5.74) is 6.28. The largest absolute Gasteiger partial charge is 0.347 e. The first-order chi connectivity index (χ1) is 7.16. The van der Waals surface area contributed by atoms with Gasteiger partial charge in [-0.3, -0.25) is 4.79 Å². The second kappa shape index (κ2) is 4.03. The normalized spacial score (nSPS) is 21.1. The molecule has 80 valence electrons. The Hall–Kier alpha value is -1.35. The summed E-state index contributed by atoms with van der Waals surface area (Å²) >= 11 is 0. The predicted octanol–water partition coefficient (Wildman–Crippen LogP) is 0.338. The minimum Gasteiger partial charge on any atom is -0.347 e. The van der Waals surface area contributed by atoms with Crippen molar-refractivity contribution in [2.24, 2.45) is 0 Å². The molecule has 0 bridgehead atoms. The number of carbonyl (C=O) groups excluding carboxylic acids is 1. The molecule has 2 rings (SSSR count). The van der Waals surface area contributed by atoms with Gasteiger partial charge < -0.3 is 10.6 Å². The van der Waals surface area contributed by atoms with Crippen molar-refractivity contribution in [3.8, 4) is 0 Å². The van der Waals surface area contributed by atoms with Crippen molar-refractivity contribution in [2.75, 3.05) is 6.54 Å². The lowest BCUT2D eigenvalue weighted by Gasteiger charge is -2.15. The molecule has 0 aliphatic carbocycles. The summed E-state index contributed by atoms with van der Waals surface area (Å²) in [6.07, 6.45) is 0.894. The van der Waals surface area contributed by atoms with E-state index < -0.39 is 0 Å². The Morgan fingerprint density at radius 2 is 2.07 bits per heavy atom. The second-order valence-electron chi connectivity index (χ2n) is 4.23. The van der Waals surface area contributed by atoms with Gasteiger partial charge in [0.15, 0.2) is 6.04 Å². The van der Waals surface area contributed by atoms with Crippen LogP contribution < -0.4 is 5.73 Å². The van der Waals surface area contributed by atoms with Crippen LogP contribution in [0.4, 0.5) is 0 Å². The molecule has 1 heterocycles. The van der Waals surface area contributed by atoms with E-state index in [1.165, 1.54) is 11.1 Å². The lowest BCUT2D eigenvalue weighted by atomic mass is 10.1. The molecule has 3 N–H and O–H groups in total. The van der Waals surface area contributed by atoms with Crippen LogP contribution in [-0.2, 0) is 11.3 Å². The zero-order valence-corrected chi connectivity index (χ0v) is 9.07. The van der Waals surface area contributed by atoms with Gasteiger partial charge in [0.05, 0.1) is 0 Å². The molecule has 1 amide bonds. The third kappa shape index (κ3) is 2.18. The Labute approximate surface area is 89.9 Å². The van der Waals surface area contributed by atoms with Crippen LogP contribution in [0.2, 0.25) is 0 Å². The average Bonchev–Trinajstić information content (AvgIpc) is 2.53. The van der Waals surface area contributed by atoms with Crippen LogP contribution in [0.1, 0.15) is 17.5 Å². The van der Waals surface area contributed by atoms with Gasteiger partial charge in [0.25, 0.3) is 5.91 Å². The first-order valence-electron chi connectivity index (χ1n) is 5.34. The fourth-order valence-corrected chi connectivity index (χ4v) is 1.87. The number of hydrogen-bond acceptors (Lipinski definition) is 1. The predicted molar refractivity (Wildman–Crippen MR) is 57.9 cm³/mol. The molecule has 1 unspecified atom stereocenters. The van der Waals surface area contributed by atoms with Crippen LogP contribution in [0.15, 0.2) is 24.3 Å². The highest BCUT2D eigenvalue weighted by Gasteiger charge is 2.31. The third-order valence-electron chi connectivity index (χ3n) is 2.90. The number of benzene rings is 1. The first-order valence-corrected chi connectivity index (χ1v) is 5.34. The van der Waals surface area contributed by atoms with Crippen LogP contribution >= 0.6 is 0 Å². The number of likely N-dealkylation sites (tertiary alicyclic amines) is 1. The highest BCUT2D eigenvalue weighted by molar-refractivity contribution is 5.82. The van der Waals surface area contributed by atoms with Gasteiger partial charge in [0.2, 0.25) is 0 Å². The van der Waals surface area contributed by atoms with Crippen molar-refractivity contribution in [2.45, 2.75) is 25.9 Å². The summed E-state index contributed by atoms with van der Waals surface area (Å²) in [6.45, 7) is 3.64. The first kappa shape index (κ1) is 10.2. The van der Waals surface area contributed by atoms with Gasteiger partial charge in [0.1, 0.15) is 0 Å². The zero-order chi connectivity index (χ0) is 10.8. The van der Waals surface area contributed by atoms with Gasteiger partial charge in [-0.1, -0.05) is 29.8 Å². The minimum atomic E-state index is -0.0320. The number of carbonyl (C=O) groups is 1. The molecule has 0 radical (unpaired) electrons. The van der Waals surface area contributed by atoms with Crippen LogP contribution in [-0.4, -0.2) is 23.4 Å². The standard InChI is InChI=1S/C12H16N2O/c1-9-2-4-10(5-3-9)8-14-7-6-11(13)12(14)15/h2-5,11H,6-8,13H2,1H3/p+1. The molecule has 3 nitrogen and oxygen atoms in total. The van der Waals surface area contributed by atoms with E-state index in [1.807, 2.05) is 4.90 Å². The van der Waals surface area contributed by atoms with Crippen molar-refractivity contribution in [3.05, 3.63) is 35.4 Å². The van der Waals surface area contributed by atoms with E-state index in [2.05, 4.69) is 36.9 Å².